The lowest BCUT2D eigenvalue weighted by atomic mass is 10.1. The molecule has 2 aliphatic rings. The first-order chi connectivity index (χ1) is 18.5. The number of carbonyl (C=O) groups is 3. The van der Waals surface area contributed by atoms with Gasteiger partial charge in [-0.15, -0.1) is 0 Å². The van der Waals surface area contributed by atoms with Gasteiger partial charge in [0.15, 0.2) is 0 Å². The van der Waals surface area contributed by atoms with E-state index in [-0.39, 0.29) is 30.2 Å². The number of rotatable bonds is 10. The van der Waals surface area contributed by atoms with Crippen molar-refractivity contribution in [1.29, 1.82) is 0 Å². The van der Waals surface area contributed by atoms with E-state index in [9.17, 15) is 14.4 Å². The van der Waals surface area contributed by atoms with Crippen molar-refractivity contribution in [1.82, 2.24) is 10.2 Å². The number of hydrogen-bond donors (Lipinski definition) is 1. The van der Waals surface area contributed by atoms with Crippen LogP contribution in [0.5, 0.6) is 0 Å². The highest BCUT2D eigenvalue weighted by Crippen LogP contribution is 2.37. The van der Waals surface area contributed by atoms with Crippen LogP contribution in [0.3, 0.4) is 0 Å². The molecule has 0 bridgehead atoms. The molecule has 1 aliphatic carbocycles. The van der Waals surface area contributed by atoms with Crippen LogP contribution < -0.4 is 10.2 Å². The second kappa shape index (κ2) is 11.4. The van der Waals surface area contributed by atoms with Crippen LogP contribution in [-0.4, -0.2) is 41.2 Å². The molecule has 6 nitrogen and oxygen atoms in total. The van der Waals surface area contributed by atoms with Crippen molar-refractivity contribution >= 4 is 34.2 Å². The monoisotopic (exact) mass is 511 g/mol. The summed E-state index contributed by atoms with van der Waals surface area (Å²) in [6.45, 7) is 4.86. The highest BCUT2D eigenvalue weighted by molar-refractivity contribution is 6.25. The molecule has 198 valence electrons. The van der Waals surface area contributed by atoms with Crippen molar-refractivity contribution < 1.29 is 14.4 Å². The Morgan fingerprint density at radius 1 is 1.03 bits per heavy atom. The number of anilines is 1. The molecule has 3 aromatic carbocycles. The molecule has 1 aliphatic heterocycles. The minimum Gasteiger partial charge on any atom is -0.352 e. The minimum absolute atomic E-state index is 0.0110. The summed E-state index contributed by atoms with van der Waals surface area (Å²) in [4.78, 5) is 43.7. The maximum Gasteiger partial charge on any atom is 0.258 e. The number of nitrogens with one attached hydrogen (secondary N) is 1. The molecule has 0 saturated heterocycles. The molecule has 0 aromatic heterocycles. The third kappa shape index (κ3) is 5.31. The molecule has 1 N–H and O–H groups in total. The topological polar surface area (TPSA) is 69.7 Å². The molecule has 1 fully saturated rings. The van der Waals surface area contributed by atoms with Gasteiger partial charge in [-0.3, -0.25) is 14.4 Å². The average molecular weight is 512 g/mol. The standard InChI is InChI=1S/C32H37N3O3/c1-3-27(31(37)33-25-11-4-5-12-25)35(21-23-18-16-22(2)17-19-23)29(36)15-8-20-34-28-14-7-10-24-9-6-13-26(30(24)28)32(34)38/h6-7,9-10,13-14,16-19,25,27H,3-5,8,11-12,15,20-21H2,1-2H3,(H,33,37)/t27-/m0/s1. The zero-order valence-corrected chi connectivity index (χ0v) is 22.4. The summed E-state index contributed by atoms with van der Waals surface area (Å²) in [7, 11) is 0. The quantitative estimate of drug-likeness (QED) is 0.377. The van der Waals surface area contributed by atoms with Gasteiger partial charge >= 0.3 is 0 Å². The number of amides is 3. The van der Waals surface area contributed by atoms with Crippen molar-refractivity contribution in [2.24, 2.45) is 0 Å². The zero-order chi connectivity index (χ0) is 26.6. The molecule has 1 saturated carbocycles. The smallest absolute Gasteiger partial charge is 0.258 e. The van der Waals surface area contributed by atoms with Crippen molar-refractivity contribution in [3.8, 4) is 0 Å². The van der Waals surface area contributed by atoms with E-state index < -0.39 is 6.04 Å². The van der Waals surface area contributed by atoms with Crippen molar-refractivity contribution in [2.75, 3.05) is 11.4 Å². The summed E-state index contributed by atoms with van der Waals surface area (Å²) in [5.41, 5.74) is 3.80. The largest absolute Gasteiger partial charge is 0.352 e. The average Bonchev–Trinajstić information content (AvgIpc) is 3.53. The summed E-state index contributed by atoms with van der Waals surface area (Å²) in [5, 5.41) is 5.24. The first kappa shape index (κ1) is 26.0. The third-order valence-electron chi connectivity index (χ3n) is 7.98. The predicted molar refractivity (Wildman–Crippen MR) is 151 cm³/mol. The van der Waals surface area contributed by atoms with Crippen molar-refractivity contribution in [3.63, 3.8) is 0 Å². The Hall–Kier alpha value is -3.67. The molecule has 0 unspecified atom stereocenters. The van der Waals surface area contributed by atoms with E-state index in [1.54, 1.807) is 9.80 Å². The number of aryl methyl sites for hydroxylation is 1. The maximum atomic E-state index is 13.7. The second-order valence-corrected chi connectivity index (χ2v) is 10.7. The van der Waals surface area contributed by atoms with Gasteiger partial charge in [0.1, 0.15) is 6.04 Å². The first-order valence-corrected chi connectivity index (χ1v) is 13.9. The Labute approximate surface area is 225 Å². The van der Waals surface area contributed by atoms with Gasteiger partial charge in [0, 0.05) is 36.5 Å². The van der Waals surface area contributed by atoms with Gasteiger partial charge in [-0.05, 0) is 55.7 Å². The SMILES string of the molecule is CC[C@@H](C(=O)NC1CCCC1)N(Cc1ccc(C)cc1)C(=O)CCCN1C(=O)c2cccc3cccc1c23. The van der Waals surface area contributed by atoms with E-state index >= 15 is 0 Å². The van der Waals surface area contributed by atoms with Gasteiger partial charge in [-0.1, -0.05) is 73.9 Å². The summed E-state index contributed by atoms with van der Waals surface area (Å²) in [5.74, 6) is -0.124. The van der Waals surface area contributed by atoms with Gasteiger partial charge in [-0.25, -0.2) is 0 Å². The summed E-state index contributed by atoms with van der Waals surface area (Å²) < 4.78 is 0. The predicted octanol–water partition coefficient (Wildman–Crippen LogP) is 5.75. The third-order valence-corrected chi connectivity index (χ3v) is 7.98. The maximum absolute atomic E-state index is 13.7. The number of hydrogen-bond acceptors (Lipinski definition) is 3. The lowest BCUT2D eigenvalue weighted by Crippen LogP contribution is -2.51. The molecule has 1 heterocycles. The molecule has 38 heavy (non-hydrogen) atoms. The summed E-state index contributed by atoms with van der Waals surface area (Å²) in [6, 6.07) is 19.6. The summed E-state index contributed by atoms with van der Waals surface area (Å²) >= 11 is 0. The van der Waals surface area contributed by atoms with Crippen LogP contribution >= 0.6 is 0 Å². The first-order valence-electron chi connectivity index (χ1n) is 13.9. The molecule has 6 heteroatoms. The summed E-state index contributed by atoms with van der Waals surface area (Å²) in [6.07, 6.45) is 5.65. The van der Waals surface area contributed by atoms with Gasteiger partial charge in [-0.2, -0.15) is 0 Å². The number of carbonyl (C=O) groups excluding carboxylic acids is 3. The number of benzene rings is 3. The Morgan fingerprint density at radius 3 is 2.45 bits per heavy atom. The molecule has 1 atom stereocenters. The van der Waals surface area contributed by atoms with Gasteiger partial charge < -0.3 is 15.1 Å². The van der Waals surface area contributed by atoms with Crippen LogP contribution in [0.1, 0.15) is 73.4 Å². The van der Waals surface area contributed by atoms with E-state index in [1.807, 2.05) is 74.5 Å². The molecule has 0 spiro atoms. The zero-order valence-electron chi connectivity index (χ0n) is 22.4. The highest BCUT2D eigenvalue weighted by Gasteiger charge is 2.32. The van der Waals surface area contributed by atoms with Crippen LogP contribution in [0.15, 0.2) is 60.7 Å². The normalized spacial score (nSPS) is 15.7. The Bertz CT molecular complexity index is 1320. The minimum atomic E-state index is -0.518. The molecular weight excluding hydrogens is 474 g/mol. The van der Waals surface area contributed by atoms with E-state index in [0.717, 1.165) is 58.8 Å². The molecular formula is C32H37N3O3. The van der Waals surface area contributed by atoms with Crippen LogP contribution in [0.2, 0.25) is 0 Å². The van der Waals surface area contributed by atoms with E-state index in [1.165, 1.54) is 0 Å². The van der Waals surface area contributed by atoms with Crippen molar-refractivity contribution in [3.05, 3.63) is 77.4 Å². The second-order valence-electron chi connectivity index (χ2n) is 10.7. The Morgan fingerprint density at radius 2 is 1.74 bits per heavy atom. The van der Waals surface area contributed by atoms with E-state index in [2.05, 4.69) is 5.32 Å². The Balaban J connectivity index is 1.29. The molecule has 3 aromatic rings. The highest BCUT2D eigenvalue weighted by atomic mass is 16.2. The molecule has 5 rings (SSSR count). The van der Waals surface area contributed by atoms with Crippen molar-refractivity contribution in [2.45, 2.75) is 77.4 Å². The van der Waals surface area contributed by atoms with Crippen LogP contribution in [0, 0.1) is 6.92 Å². The fourth-order valence-electron chi connectivity index (χ4n) is 5.91. The lowest BCUT2D eigenvalue weighted by molar-refractivity contribution is -0.141. The van der Waals surface area contributed by atoms with E-state index in [4.69, 9.17) is 0 Å². The molecule has 0 radical (unpaired) electrons. The van der Waals surface area contributed by atoms with Crippen LogP contribution in [0.4, 0.5) is 5.69 Å². The van der Waals surface area contributed by atoms with Gasteiger partial charge in [0.2, 0.25) is 11.8 Å². The van der Waals surface area contributed by atoms with E-state index in [0.29, 0.717) is 25.9 Å². The fraction of sp³-hybridized carbons (Fsp3) is 0.406. The van der Waals surface area contributed by atoms with Crippen LogP contribution in [0.25, 0.3) is 10.8 Å². The fourth-order valence-corrected chi connectivity index (χ4v) is 5.91. The van der Waals surface area contributed by atoms with Gasteiger partial charge in [0.05, 0.1) is 5.69 Å². The van der Waals surface area contributed by atoms with Crippen LogP contribution in [-0.2, 0) is 16.1 Å². The lowest BCUT2D eigenvalue weighted by Gasteiger charge is -2.32. The number of nitrogens with zero attached hydrogens (tertiary/aromatic N) is 2. The molecule has 3 amide bonds. The van der Waals surface area contributed by atoms with Gasteiger partial charge in [0.25, 0.3) is 5.91 Å². The Kier molecular flexibility index (Phi) is 7.77.